The third-order valence-electron chi connectivity index (χ3n) is 4.79. The lowest BCUT2D eigenvalue weighted by molar-refractivity contribution is 0.0833. The van der Waals surface area contributed by atoms with Gasteiger partial charge in [-0.2, -0.15) is 0 Å². The van der Waals surface area contributed by atoms with Gasteiger partial charge >= 0.3 is 0 Å². The highest BCUT2D eigenvalue weighted by Crippen LogP contribution is 2.46. The maximum Gasteiger partial charge on any atom is 0.0463 e. The molecular formula is C16H22N. The monoisotopic (exact) mass is 228 g/mol. The second kappa shape index (κ2) is 4.45. The van der Waals surface area contributed by atoms with Gasteiger partial charge in [0.05, 0.1) is 0 Å². The van der Waals surface area contributed by atoms with Crippen LogP contribution in [-0.4, -0.2) is 17.5 Å². The molecule has 1 aromatic rings. The fourth-order valence-electron chi connectivity index (χ4n) is 3.97. The maximum absolute atomic E-state index is 3.16. The summed E-state index contributed by atoms with van der Waals surface area (Å²) in [6.07, 6.45) is 8.23. The minimum atomic E-state index is 0.352. The first-order valence-corrected chi connectivity index (χ1v) is 7.06. The molecule has 1 aliphatic carbocycles. The van der Waals surface area contributed by atoms with E-state index in [1.165, 1.54) is 50.6 Å². The number of benzene rings is 1. The van der Waals surface area contributed by atoms with Gasteiger partial charge < -0.3 is 0 Å². The lowest BCUT2D eigenvalue weighted by Crippen LogP contribution is -2.45. The highest BCUT2D eigenvalue weighted by molar-refractivity contribution is 5.26. The molecule has 2 fully saturated rings. The Balaban J connectivity index is 1.98. The molecule has 1 saturated carbocycles. The highest BCUT2D eigenvalue weighted by Gasteiger charge is 2.44. The van der Waals surface area contributed by atoms with Gasteiger partial charge in [-0.15, -0.1) is 0 Å². The molecule has 1 heteroatoms. The normalized spacial score (nSPS) is 28.6. The van der Waals surface area contributed by atoms with Gasteiger partial charge in [0.25, 0.3) is 0 Å². The van der Waals surface area contributed by atoms with Crippen molar-refractivity contribution >= 4 is 0 Å². The number of rotatable bonds is 2. The van der Waals surface area contributed by atoms with Crippen LogP contribution in [0, 0.1) is 6.07 Å². The minimum absolute atomic E-state index is 0.352. The summed E-state index contributed by atoms with van der Waals surface area (Å²) in [7, 11) is 0. The molecule has 0 bridgehead atoms. The zero-order valence-electron chi connectivity index (χ0n) is 10.8. The van der Waals surface area contributed by atoms with E-state index in [-0.39, 0.29) is 0 Å². The smallest absolute Gasteiger partial charge is 0.0463 e. The van der Waals surface area contributed by atoms with Crippen molar-refractivity contribution in [2.24, 2.45) is 0 Å². The maximum atomic E-state index is 3.16. The standard InChI is InChI=1S/C16H22N/c1-14-8-7-13-17(14)16(11-5-6-12-16)15-9-3-2-4-10-15/h3-4,9-10,14H,5-8,11-13H2,1H3. The predicted octanol–water partition coefficient (Wildman–Crippen LogP) is 3.74. The van der Waals surface area contributed by atoms with Crippen molar-refractivity contribution in [1.29, 1.82) is 0 Å². The summed E-state index contributed by atoms with van der Waals surface area (Å²) in [6.45, 7) is 3.70. The summed E-state index contributed by atoms with van der Waals surface area (Å²) in [5.41, 5.74) is 1.88. The van der Waals surface area contributed by atoms with E-state index in [4.69, 9.17) is 0 Å². The van der Waals surface area contributed by atoms with Crippen LogP contribution in [-0.2, 0) is 5.54 Å². The van der Waals surface area contributed by atoms with E-state index in [2.05, 4.69) is 42.2 Å². The third kappa shape index (κ3) is 1.81. The Morgan fingerprint density at radius 3 is 2.47 bits per heavy atom. The summed E-state index contributed by atoms with van der Waals surface area (Å²) in [5.74, 6) is 0. The van der Waals surface area contributed by atoms with Gasteiger partial charge in [-0.25, -0.2) is 0 Å². The van der Waals surface area contributed by atoms with Crippen molar-refractivity contribution in [2.45, 2.75) is 57.0 Å². The van der Waals surface area contributed by atoms with E-state index in [1.54, 1.807) is 0 Å². The fourth-order valence-corrected chi connectivity index (χ4v) is 3.97. The lowest BCUT2D eigenvalue weighted by Gasteiger charge is -2.42. The molecule has 1 aromatic carbocycles. The first-order valence-electron chi connectivity index (χ1n) is 7.06. The van der Waals surface area contributed by atoms with Gasteiger partial charge in [0.15, 0.2) is 0 Å². The van der Waals surface area contributed by atoms with E-state index >= 15 is 0 Å². The second-order valence-corrected chi connectivity index (χ2v) is 5.71. The van der Waals surface area contributed by atoms with Gasteiger partial charge in [0.2, 0.25) is 0 Å². The number of nitrogens with zero attached hydrogens (tertiary/aromatic N) is 1. The lowest BCUT2D eigenvalue weighted by atomic mass is 9.85. The van der Waals surface area contributed by atoms with Gasteiger partial charge in [-0.3, -0.25) is 4.90 Å². The summed E-state index contributed by atoms with van der Waals surface area (Å²) in [5, 5.41) is 0. The Bertz CT molecular complexity index is 364. The van der Waals surface area contributed by atoms with Crippen molar-refractivity contribution < 1.29 is 0 Å². The summed E-state index contributed by atoms with van der Waals surface area (Å²) < 4.78 is 0. The Morgan fingerprint density at radius 2 is 1.88 bits per heavy atom. The molecule has 1 radical (unpaired) electrons. The molecule has 17 heavy (non-hydrogen) atoms. The van der Waals surface area contributed by atoms with Crippen LogP contribution in [0.15, 0.2) is 24.3 Å². The first kappa shape index (κ1) is 11.3. The molecule has 1 unspecified atom stereocenters. The van der Waals surface area contributed by atoms with E-state index in [0.29, 0.717) is 5.54 Å². The van der Waals surface area contributed by atoms with E-state index < -0.39 is 0 Å². The molecule has 3 rings (SSSR count). The zero-order chi connectivity index (χ0) is 11.7. The molecular weight excluding hydrogens is 206 g/mol. The first-order chi connectivity index (χ1) is 8.33. The van der Waals surface area contributed by atoms with E-state index in [1.807, 2.05) is 0 Å². The quantitative estimate of drug-likeness (QED) is 0.745. The highest BCUT2D eigenvalue weighted by atomic mass is 15.2. The largest absolute Gasteiger partial charge is 0.291 e. The van der Waals surface area contributed by atoms with Crippen LogP contribution in [0.4, 0.5) is 0 Å². The summed E-state index contributed by atoms with van der Waals surface area (Å²) in [4.78, 5) is 2.79. The molecule has 91 valence electrons. The molecule has 0 aromatic heterocycles. The van der Waals surface area contributed by atoms with E-state index in [9.17, 15) is 0 Å². The van der Waals surface area contributed by atoms with Crippen molar-refractivity contribution in [3.05, 3.63) is 35.9 Å². The van der Waals surface area contributed by atoms with Crippen LogP contribution in [0.5, 0.6) is 0 Å². The Hall–Kier alpha value is -0.820. The van der Waals surface area contributed by atoms with Crippen LogP contribution >= 0.6 is 0 Å². The topological polar surface area (TPSA) is 3.24 Å². The average Bonchev–Trinajstić information content (AvgIpc) is 2.99. The van der Waals surface area contributed by atoms with Gasteiger partial charge in [-0.05, 0) is 50.8 Å². The molecule has 1 atom stereocenters. The molecule has 2 aliphatic rings. The molecule has 1 nitrogen and oxygen atoms in total. The van der Waals surface area contributed by atoms with Gasteiger partial charge in [0, 0.05) is 11.6 Å². The average molecular weight is 228 g/mol. The SMILES string of the molecule is CC1CCCN1C1(c2cc[c]cc2)CCCC1. The number of hydrogen-bond acceptors (Lipinski definition) is 1. The molecule has 1 heterocycles. The van der Waals surface area contributed by atoms with Crippen LogP contribution in [0.1, 0.15) is 51.0 Å². The van der Waals surface area contributed by atoms with Crippen molar-refractivity contribution in [2.75, 3.05) is 6.54 Å². The van der Waals surface area contributed by atoms with Crippen LogP contribution in [0.3, 0.4) is 0 Å². The summed E-state index contributed by atoms with van der Waals surface area (Å²) in [6, 6.07) is 12.7. The van der Waals surface area contributed by atoms with Gasteiger partial charge in [0.1, 0.15) is 0 Å². The predicted molar refractivity (Wildman–Crippen MR) is 70.8 cm³/mol. The molecule has 0 spiro atoms. The van der Waals surface area contributed by atoms with Crippen LogP contribution < -0.4 is 0 Å². The van der Waals surface area contributed by atoms with Crippen molar-refractivity contribution in [3.8, 4) is 0 Å². The Morgan fingerprint density at radius 1 is 1.18 bits per heavy atom. The molecule has 1 saturated heterocycles. The van der Waals surface area contributed by atoms with E-state index in [0.717, 1.165) is 6.04 Å². The second-order valence-electron chi connectivity index (χ2n) is 5.71. The number of likely N-dealkylation sites (tertiary alicyclic amines) is 1. The van der Waals surface area contributed by atoms with Gasteiger partial charge in [-0.1, -0.05) is 37.1 Å². The number of hydrogen-bond donors (Lipinski definition) is 0. The summed E-state index contributed by atoms with van der Waals surface area (Å²) >= 11 is 0. The molecule has 0 amide bonds. The Kier molecular flexibility index (Phi) is 2.96. The Labute approximate surface area is 105 Å². The molecule has 0 N–H and O–H groups in total. The van der Waals surface area contributed by atoms with Crippen molar-refractivity contribution in [1.82, 2.24) is 4.90 Å². The third-order valence-corrected chi connectivity index (χ3v) is 4.79. The molecule has 1 aliphatic heterocycles. The van der Waals surface area contributed by atoms with Crippen LogP contribution in [0.25, 0.3) is 0 Å². The fraction of sp³-hybridized carbons (Fsp3) is 0.625. The van der Waals surface area contributed by atoms with Crippen molar-refractivity contribution in [3.63, 3.8) is 0 Å². The minimum Gasteiger partial charge on any atom is -0.291 e. The zero-order valence-corrected chi connectivity index (χ0v) is 10.8. The van der Waals surface area contributed by atoms with Crippen LogP contribution in [0.2, 0.25) is 0 Å².